The maximum Gasteiger partial charge on any atom is 0.268 e. The lowest BCUT2D eigenvalue weighted by Gasteiger charge is -2.20. The Bertz CT molecular complexity index is 773. The fourth-order valence-corrected chi connectivity index (χ4v) is 3.18. The summed E-state index contributed by atoms with van der Waals surface area (Å²) in [6.45, 7) is -0.434. The lowest BCUT2D eigenvalue weighted by atomic mass is 10.1. The summed E-state index contributed by atoms with van der Waals surface area (Å²) in [6, 6.07) is 0.816. The molecule has 0 radical (unpaired) electrons. The van der Waals surface area contributed by atoms with E-state index in [0.717, 1.165) is 0 Å². The SMILES string of the molecule is CN(Cc1nc2ccsc2c(=O)[nH]1)C(=O)C1CC(F)(F)CN1. The third-order valence-electron chi connectivity index (χ3n) is 3.54. The minimum absolute atomic E-state index is 0.0591. The number of fused-ring (bicyclic) bond motifs is 1. The van der Waals surface area contributed by atoms with Crippen LogP contribution in [0.3, 0.4) is 0 Å². The van der Waals surface area contributed by atoms with Crippen molar-refractivity contribution in [2.24, 2.45) is 0 Å². The van der Waals surface area contributed by atoms with Gasteiger partial charge in [0.05, 0.1) is 24.6 Å². The Labute approximate surface area is 128 Å². The first-order chi connectivity index (χ1) is 10.4. The third kappa shape index (κ3) is 2.86. The van der Waals surface area contributed by atoms with Gasteiger partial charge in [0.2, 0.25) is 5.91 Å². The molecule has 1 aliphatic rings. The van der Waals surface area contributed by atoms with Gasteiger partial charge >= 0.3 is 0 Å². The van der Waals surface area contributed by atoms with Gasteiger partial charge < -0.3 is 9.88 Å². The number of nitrogens with zero attached hydrogens (tertiary/aromatic N) is 2. The Kier molecular flexibility index (Phi) is 3.69. The number of carbonyl (C=O) groups is 1. The van der Waals surface area contributed by atoms with Crippen LogP contribution in [-0.4, -0.2) is 46.3 Å². The zero-order chi connectivity index (χ0) is 15.9. The number of alkyl halides is 2. The number of hydrogen-bond donors (Lipinski definition) is 2. The minimum atomic E-state index is -2.86. The number of thiophene rings is 1. The van der Waals surface area contributed by atoms with E-state index in [-0.39, 0.29) is 12.1 Å². The van der Waals surface area contributed by atoms with Crippen LogP contribution < -0.4 is 10.9 Å². The first-order valence-corrected chi connectivity index (χ1v) is 7.56. The second kappa shape index (κ2) is 5.40. The first-order valence-electron chi connectivity index (χ1n) is 6.68. The van der Waals surface area contributed by atoms with Gasteiger partial charge in [0.1, 0.15) is 10.5 Å². The van der Waals surface area contributed by atoms with Crippen LogP contribution in [0.1, 0.15) is 12.2 Å². The van der Waals surface area contributed by atoms with Crippen LogP contribution in [0, 0.1) is 0 Å². The molecular weight excluding hydrogens is 314 g/mol. The zero-order valence-electron chi connectivity index (χ0n) is 11.7. The van der Waals surface area contributed by atoms with Crippen LogP contribution in [0.5, 0.6) is 0 Å². The highest BCUT2D eigenvalue weighted by Crippen LogP contribution is 2.26. The molecule has 22 heavy (non-hydrogen) atoms. The molecule has 3 rings (SSSR count). The normalized spacial score (nSPS) is 20.4. The highest BCUT2D eigenvalue weighted by Gasteiger charge is 2.43. The lowest BCUT2D eigenvalue weighted by molar-refractivity contribution is -0.133. The average molecular weight is 328 g/mol. The van der Waals surface area contributed by atoms with E-state index >= 15 is 0 Å². The summed E-state index contributed by atoms with van der Waals surface area (Å²) in [5, 5.41) is 4.28. The number of halogens is 2. The molecular formula is C13H14F2N4O2S. The molecule has 1 unspecified atom stereocenters. The van der Waals surface area contributed by atoms with E-state index < -0.39 is 30.8 Å². The number of H-pyrrole nitrogens is 1. The number of likely N-dealkylation sites (N-methyl/N-ethyl adjacent to an activating group) is 1. The van der Waals surface area contributed by atoms with Crippen LogP contribution in [0.25, 0.3) is 10.2 Å². The molecule has 2 aromatic heterocycles. The van der Waals surface area contributed by atoms with Gasteiger partial charge in [0.15, 0.2) is 0 Å². The Balaban J connectivity index is 1.74. The lowest BCUT2D eigenvalue weighted by Crippen LogP contribution is -2.41. The van der Waals surface area contributed by atoms with Gasteiger partial charge in [0.25, 0.3) is 11.5 Å². The molecule has 0 spiro atoms. The molecule has 118 valence electrons. The molecule has 0 aromatic carbocycles. The Morgan fingerprint density at radius 2 is 2.36 bits per heavy atom. The molecule has 1 aliphatic heterocycles. The van der Waals surface area contributed by atoms with E-state index in [9.17, 15) is 18.4 Å². The predicted molar refractivity (Wildman–Crippen MR) is 78.1 cm³/mol. The quantitative estimate of drug-likeness (QED) is 0.879. The molecule has 0 aliphatic carbocycles. The van der Waals surface area contributed by atoms with Gasteiger partial charge in [0, 0.05) is 13.5 Å². The standard InChI is InChI=1S/C13H14F2N4O2S/c1-19(12(21)8-4-13(14,15)6-16-8)5-9-17-7-2-3-22-10(7)11(20)18-9/h2-3,8,16H,4-6H2,1H3,(H,17,18,20). The summed E-state index contributed by atoms with van der Waals surface area (Å²) in [5.74, 6) is -2.97. The van der Waals surface area contributed by atoms with Crippen molar-refractivity contribution in [2.45, 2.75) is 24.9 Å². The maximum atomic E-state index is 13.1. The highest BCUT2D eigenvalue weighted by atomic mass is 32.1. The van der Waals surface area contributed by atoms with Crippen molar-refractivity contribution < 1.29 is 13.6 Å². The van der Waals surface area contributed by atoms with E-state index in [1.807, 2.05) is 0 Å². The summed E-state index contributed by atoms with van der Waals surface area (Å²) in [5.41, 5.74) is 0.302. The van der Waals surface area contributed by atoms with Crippen molar-refractivity contribution in [1.82, 2.24) is 20.2 Å². The Morgan fingerprint density at radius 3 is 3.05 bits per heavy atom. The van der Waals surface area contributed by atoms with E-state index in [1.54, 1.807) is 11.4 Å². The summed E-state index contributed by atoms with van der Waals surface area (Å²) in [7, 11) is 1.50. The smallest absolute Gasteiger partial charge is 0.268 e. The molecule has 1 atom stereocenters. The molecule has 9 heteroatoms. The second-order valence-electron chi connectivity index (χ2n) is 5.34. The van der Waals surface area contributed by atoms with Crippen molar-refractivity contribution >= 4 is 27.5 Å². The highest BCUT2D eigenvalue weighted by molar-refractivity contribution is 7.17. The van der Waals surface area contributed by atoms with E-state index in [4.69, 9.17) is 0 Å². The largest absolute Gasteiger partial charge is 0.337 e. The minimum Gasteiger partial charge on any atom is -0.337 e. The molecule has 6 nitrogen and oxygen atoms in total. The summed E-state index contributed by atoms with van der Waals surface area (Å²) in [4.78, 5) is 32.2. The first kappa shape index (κ1) is 15.0. The van der Waals surface area contributed by atoms with E-state index in [2.05, 4.69) is 15.3 Å². The Morgan fingerprint density at radius 1 is 1.59 bits per heavy atom. The monoisotopic (exact) mass is 328 g/mol. The molecule has 3 heterocycles. The van der Waals surface area contributed by atoms with Crippen molar-refractivity contribution in [1.29, 1.82) is 0 Å². The van der Waals surface area contributed by atoms with Crippen LogP contribution in [0.15, 0.2) is 16.2 Å². The Hall–Kier alpha value is -1.87. The molecule has 1 saturated heterocycles. The average Bonchev–Trinajstić information content (AvgIpc) is 3.04. The number of rotatable bonds is 3. The fraction of sp³-hybridized carbons (Fsp3) is 0.462. The van der Waals surface area contributed by atoms with E-state index in [0.29, 0.717) is 16.0 Å². The predicted octanol–water partition coefficient (Wildman–Crippen LogP) is 0.940. The number of aromatic amines is 1. The van der Waals surface area contributed by atoms with Gasteiger partial charge in [-0.3, -0.25) is 14.9 Å². The molecule has 1 fully saturated rings. The number of amides is 1. The van der Waals surface area contributed by atoms with Crippen molar-refractivity contribution in [3.05, 3.63) is 27.6 Å². The van der Waals surface area contributed by atoms with Crippen LogP contribution in [-0.2, 0) is 11.3 Å². The molecule has 0 bridgehead atoms. The number of hydrogen-bond acceptors (Lipinski definition) is 5. The maximum absolute atomic E-state index is 13.1. The zero-order valence-corrected chi connectivity index (χ0v) is 12.5. The van der Waals surface area contributed by atoms with Gasteiger partial charge in [-0.1, -0.05) is 0 Å². The molecule has 2 aromatic rings. The van der Waals surface area contributed by atoms with Gasteiger partial charge in [-0.05, 0) is 11.4 Å². The number of aromatic nitrogens is 2. The van der Waals surface area contributed by atoms with Gasteiger partial charge in [-0.2, -0.15) is 0 Å². The van der Waals surface area contributed by atoms with Gasteiger partial charge in [-0.15, -0.1) is 11.3 Å². The third-order valence-corrected chi connectivity index (χ3v) is 4.44. The number of carbonyl (C=O) groups excluding carboxylic acids is 1. The van der Waals surface area contributed by atoms with Crippen molar-refractivity contribution in [2.75, 3.05) is 13.6 Å². The van der Waals surface area contributed by atoms with E-state index in [1.165, 1.54) is 23.3 Å². The van der Waals surface area contributed by atoms with Gasteiger partial charge in [-0.25, -0.2) is 13.8 Å². The van der Waals surface area contributed by atoms with Crippen molar-refractivity contribution in [3.8, 4) is 0 Å². The second-order valence-corrected chi connectivity index (χ2v) is 6.25. The van der Waals surface area contributed by atoms with Crippen molar-refractivity contribution in [3.63, 3.8) is 0 Å². The van der Waals surface area contributed by atoms with Crippen LogP contribution in [0.2, 0.25) is 0 Å². The van der Waals surface area contributed by atoms with Crippen LogP contribution in [0.4, 0.5) is 8.78 Å². The number of nitrogens with one attached hydrogen (secondary N) is 2. The summed E-state index contributed by atoms with van der Waals surface area (Å²) >= 11 is 1.29. The molecule has 2 N–H and O–H groups in total. The van der Waals surface area contributed by atoms with Crippen LogP contribution >= 0.6 is 11.3 Å². The fourth-order valence-electron chi connectivity index (χ4n) is 2.46. The topological polar surface area (TPSA) is 78.1 Å². The summed E-state index contributed by atoms with van der Waals surface area (Å²) < 4.78 is 26.8. The molecule has 0 saturated carbocycles. The molecule has 1 amide bonds. The summed E-state index contributed by atoms with van der Waals surface area (Å²) in [6.07, 6.45) is -0.510.